The van der Waals surface area contributed by atoms with Gasteiger partial charge >= 0.3 is 0 Å². The van der Waals surface area contributed by atoms with Crippen LogP contribution in [-0.4, -0.2) is 13.2 Å². The van der Waals surface area contributed by atoms with Crippen molar-refractivity contribution in [3.8, 4) is 5.75 Å². The van der Waals surface area contributed by atoms with E-state index >= 15 is 0 Å². The van der Waals surface area contributed by atoms with E-state index in [1.54, 1.807) is 7.11 Å². The zero-order chi connectivity index (χ0) is 13.1. The minimum atomic E-state index is -0.00324. The molecule has 0 radical (unpaired) electrons. The minimum Gasteiger partial charge on any atom is -0.497 e. The standard InChI is InChI=1S/C15H20N2O/c1-10(16)7-15(17)13-4-3-12-9-14(18-2)6-5-11(12)8-13/h3-6,8-10,15H,7,16-17H2,1-2H3. The second-order valence-corrected chi connectivity index (χ2v) is 4.79. The molecule has 96 valence electrons. The first-order chi connectivity index (χ1) is 8.60. The number of methoxy groups -OCH3 is 1. The van der Waals surface area contributed by atoms with Crippen LogP contribution in [0.4, 0.5) is 0 Å². The molecule has 4 N–H and O–H groups in total. The van der Waals surface area contributed by atoms with Crippen LogP contribution in [0.3, 0.4) is 0 Å². The quantitative estimate of drug-likeness (QED) is 0.869. The normalized spacial score (nSPS) is 14.4. The van der Waals surface area contributed by atoms with Crippen molar-refractivity contribution in [2.75, 3.05) is 7.11 Å². The van der Waals surface area contributed by atoms with Crippen LogP contribution in [0.1, 0.15) is 24.9 Å². The lowest BCUT2D eigenvalue weighted by molar-refractivity contribution is 0.415. The van der Waals surface area contributed by atoms with E-state index in [0.717, 1.165) is 23.1 Å². The molecular weight excluding hydrogens is 224 g/mol. The molecule has 2 aromatic carbocycles. The maximum absolute atomic E-state index is 6.14. The van der Waals surface area contributed by atoms with Gasteiger partial charge in [-0.05, 0) is 47.9 Å². The van der Waals surface area contributed by atoms with Crippen LogP contribution in [0.15, 0.2) is 36.4 Å². The molecule has 0 heterocycles. The molecule has 3 heteroatoms. The zero-order valence-corrected chi connectivity index (χ0v) is 10.9. The van der Waals surface area contributed by atoms with Gasteiger partial charge in [-0.15, -0.1) is 0 Å². The van der Waals surface area contributed by atoms with Crippen molar-refractivity contribution in [2.24, 2.45) is 11.5 Å². The fourth-order valence-corrected chi connectivity index (χ4v) is 2.14. The van der Waals surface area contributed by atoms with Gasteiger partial charge in [-0.25, -0.2) is 0 Å². The number of fused-ring (bicyclic) bond motifs is 1. The van der Waals surface area contributed by atoms with E-state index < -0.39 is 0 Å². The van der Waals surface area contributed by atoms with Gasteiger partial charge < -0.3 is 16.2 Å². The third kappa shape index (κ3) is 2.81. The summed E-state index contributed by atoms with van der Waals surface area (Å²) >= 11 is 0. The van der Waals surface area contributed by atoms with Crippen molar-refractivity contribution < 1.29 is 4.74 Å². The third-order valence-electron chi connectivity index (χ3n) is 3.13. The van der Waals surface area contributed by atoms with Gasteiger partial charge in [0.05, 0.1) is 7.11 Å². The van der Waals surface area contributed by atoms with Gasteiger partial charge in [0.1, 0.15) is 5.75 Å². The molecular formula is C15H20N2O. The molecule has 3 nitrogen and oxygen atoms in total. The Morgan fingerprint density at radius 2 is 1.72 bits per heavy atom. The van der Waals surface area contributed by atoms with E-state index in [-0.39, 0.29) is 12.1 Å². The SMILES string of the molecule is COc1ccc2cc(C(N)CC(C)N)ccc2c1. The van der Waals surface area contributed by atoms with Gasteiger partial charge in [-0.3, -0.25) is 0 Å². The molecule has 0 bridgehead atoms. The van der Waals surface area contributed by atoms with E-state index in [4.69, 9.17) is 16.2 Å². The number of benzene rings is 2. The van der Waals surface area contributed by atoms with Gasteiger partial charge in [-0.1, -0.05) is 18.2 Å². The number of hydrogen-bond donors (Lipinski definition) is 2. The van der Waals surface area contributed by atoms with Crippen molar-refractivity contribution in [3.63, 3.8) is 0 Å². The Balaban J connectivity index is 2.33. The molecule has 2 atom stereocenters. The molecule has 0 fully saturated rings. The average molecular weight is 244 g/mol. The largest absolute Gasteiger partial charge is 0.497 e. The monoisotopic (exact) mass is 244 g/mol. The zero-order valence-electron chi connectivity index (χ0n) is 10.9. The maximum Gasteiger partial charge on any atom is 0.119 e. The van der Waals surface area contributed by atoms with Gasteiger partial charge in [0, 0.05) is 12.1 Å². The molecule has 0 aliphatic carbocycles. The fraction of sp³-hybridized carbons (Fsp3) is 0.333. The Morgan fingerprint density at radius 1 is 1.06 bits per heavy atom. The minimum absolute atomic E-state index is 0.00324. The van der Waals surface area contributed by atoms with Crippen molar-refractivity contribution in [2.45, 2.75) is 25.4 Å². The predicted molar refractivity (Wildman–Crippen MR) is 75.7 cm³/mol. The summed E-state index contributed by atoms with van der Waals surface area (Å²) in [6, 6.07) is 12.4. The van der Waals surface area contributed by atoms with Crippen molar-refractivity contribution in [1.82, 2.24) is 0 Å². The molecule has 18 heavy (non-hydrogen) atoms. The van der Waals surface area contributed by atoms with E-state index in [1.807, 2.05) is 19.1 Å². The van der Waals surface area contributed by atoms with Crippen molar-refractivity contribution in [3.05, 3.63) is 42.0 Å². The molecule has 0 amide bonds. The van der Waals surface area contributed by atoms with Gasteiger partial charge in [0.25, 0.3) is 0 Å². The summed E-state index contributed by atoms with van der Waals surface area (Å²) in [5.41, 5.74) is 13.1. The molecule has 0 aliphatic heterocycles. The molecule has 0 aliphatic rings. The highest BCUT2D eigenvalue weighted by atomic mass is 16.5. The van der Waals surface area contributed by atoms with Crippen LogP contribution < -0.4 is 16.2 Å². The summed E-state index contributed by atoms with van der Waals surface area (Å²) in [7, 11) is 1.67. The Hall–Kier alpha value is -1.58. The first kappa shape index (κ1) is 12.9. The summed E-state index contributed by atoms with van der Waals surface area (Å²) in [4.78, 5) is 0. The van der Waals surface area contributed by atoms with Crippen LogP contribution in [0.5, 0.6) is 5.75 Å². The highest BCUT2D eigenvalue weighted by Gasteiger charge is 2.09. The second kappa shape index (κ2) is 5.38. The molecule has 2 rings (SSSR count). The number of ether oxygens (including phenoxy) is 1. The lowest BCUT2D eigenvalue weighted by Gasteiger charge is -2.15. The Kier molecular flexibility index (Phi) is 3.84. The molecule has 2 unspecified atom stereocenters. The predicted octanol–water partition coefficient (Wildman–Crippen LogP) is 2.59. The third-order valence-corrected chi connectivity index (χ3v) is 3.13. The molecule has 2 aromatic rings. The molecule has 0 spiro atoms. The Bertz CT molecular complexity index is 537. The van der Waals surface area contributed by atoms with Crippen LogP contribution in [0.2, 0.25) is 0 Å². The van der Waals surface area contributed by atoms with Crippen LogP contribution >= 0.6 is 0 Å². The highest BCUT2D eigenvalue weighted by molar-refractivity contribution is 5.84. The lowest BCUT2D eigenvalue weighted by Crippen LogP contribution is -2.23. The molecule has 0 saturated carbocycles. The van der Waals surface area contributed by atoms with Gasteiger partial charge in [0.2, 0.25) is 0 Å². The molecule has 0 aromatic heterocycles. The Morgan fingerprint density at radius 3 is 2.39 bits per heavy atom. The smallest absolute Gasteiger partial charge is 0.119 e. The summed E-state index contributed by atoms with van der Waals surface area (Å²) in [5, 5.41) is 2.33. The average Bonchev–Trinajstić information content (AvgIpc) is 2.36. The van der Waals surface area contributed by atoms with E-state index in [1.165, 1.54) is 5.39 Å². The summed E-state index contributed by atoms with van der Waals surface area (Å²) in [6.45, 7) is 1.98. The first-order valence-electron chi connectivity index (χ1n) is 6.19. The Labute approximate surface area is 108 Å². The maximum atomic E-state index is 6.14. The highest BCUT2D eigenvalue weighted by Crippen LogP contribution is 2.24. The van der Waals surface area contributed by atoms with Crippen LogP contribution in [0.25, 0.3) is 10.8 Å². The van der Waals surface area contributed by atoms with E-state index in [0.29, 0.717) is 0 Å². The van der Waals surface area contributed by atoms with Gasteiger partial charge in [-0.2, -0.15) is 0 Å². The van der Waals surface area contributed by atoms with Crippen molar-refractivity contribution >= 4 is 10.8 Å². The summed E-state index contributed by atoms with van der Waals surface area (Å²) in [6.07, 6.45) is 0.793. The summed E-state index contributed by atoms with van der Waals surface area (Å²) < 4.78 is 5.21. The van der Waals surface area contributed by atoms with E-state index in [9.17, 15) is 0 Å². The number of nitrogens with two attached hydrogens (primary N) is 2. The molecule has 0 saturated heterocycles. The first-order valence-corrected chi connectivity index (χ1v) is 6.19. The van der Waals surface area contributed by atoms with Crippen LogP contribution in [-0.2, 0) is 0 Å². The van der Waals surface area contributed by atoms with Crippen molar-refractivity contribution in [1.29, 1.82) is 0 Å². The van der Waals surface area contributed by atoms with Gasteiger partial charge in [0.15, 0.2) is 0 Å². The number of hydrogen-bond acceptors (Lipinski definition) is 3. The second-order valence-electron chi connectivity index (χ2n) is 4.79. The number of rotatable bonds is 4. The topological polar surface area (TPSA) is 61.3 Å². The summed E-state index contributed by atoms with van der Waals surface area (Å²) in [5.74, 6) is 0.870. The van der Waals surface area contributed by atoms with Crippen LogP contribution in [0, 0.1) is 0 Å². The van der Waals surface area contributed by atoms with E-state index in [2.05, 4.69) is 24.3 Å². The fourth-order valence-electron chi connectivity index (χ4n) is 2.14. The lowest BCUT2D eigenvalue weighted by atomic mass is 9.98.